The molecule has 0 radical (unpaired) electrons. The summed E-state index contributed by atoms with van der Waals surface area (Å²) >= 11 is 7.76. The molecule has 0 atom stereocenters. The van der Waals surface area contributed by atoms with Gasteiger partial charge < -0.3 is 5.73 Å². The van der Waals surface area contributed by atoms with E-state index in [9.17, 15) is 0 Å². The third-order valence-electron chi connectivity index (χ3n) is 2.76. The summed E-state index contributed by atoms with van der Waals surface area (Å²) in [6, 6.07) is 3.74. The molecule has 1 heterocycles. The molecule has 17 heavy (non-hydrogen) atoms. The van der Waals surface area contributed by atoms with Crippen LogP contribution in [0.1, 0.15) is 33.1 Å². The number of unbranched alkanes of at least 4 members (excludes halogenated alkanes) is 1. The van der Waals surface area contributed by atoms with Gasteiger partial charge in [0.15, 0.2) is 0 Å². The Morgan fingerprint density at radius 2 is 2.18 bits per heavy atom. The smallest absolute Gasteiger partial charge is 0.115 e. The standard InChI is InChI=1S/C13H21ClN2S/c1-13(2,10-15)7-3-4-9-17-12-11(14)6-5-8-16-12/h5-6,8H,3-4,7,9-10,15H2,1-2H3. The van der Waals surface area contributed by atoms with Gasteiger partial charge in [-0.1, -0.05) is 31.9 Å². The monoisotopic (exact) mass is 272 g/mol. The molecule has 1 aromatic heterocycles. The number of nitrogens with two attached hydrogens (primary N) is 1. The van der Waals surface area contributed by atoms with Crippen LogP contribution in [0.2, 0.25) is 5.02 Å². The molecule has 0 aliphatic carbocycles. The third kappa shape index (κ3) is 5.75. The zero-order valence-corrected chi connectivity index (χ0v) is 12.2. The Kier molecular flexibility index (Phi) is 6.31. The number of pyridine rings is 1. The first kappa shape index (κ1) is 14.8. The minimum absolute atomic E-state index is 0.271. The van der Waals surface area contributed by atoms with Gasteiger partial charge in [0.1, 0.15) is 5.03 Å². The molecule has 0 saturated heterocycles. The van der Waals surface area contributed by atoms with Crippen LogP contribution < -0.4 is 5.73 Å². The quantitative estimate of drug-likeness (QED) is 0.603. The van der Waals surface area contributed by atoms with Crippen LogP contribution in [0, 0.1) is 5.41 Å². The lowest BCUT2D eigenvalue weighted by molar-refractivity contribution is 0.336. The van der Waals surface area contributed by atoms with Gasteiger partial charge in [-0.2, -0.15) is 0 Å². The van der Waals surface area contributed by atoms with Gasteiger partial charge in [-0.15, -0.1) is 11.8 Å². The van der Waals surface area contributed by atoms with E-state index < -0.39 is 0 Å². The Balaban J connectivity index is 2.19. The second kappa shape index (κ2) is 7.24. The SMILES string of the molecule is CC(C)(CN)CCCCSc1ncccc1Cl. The molecule has 1 aromatic rings. The fourth-order valence-corrected chi connectivity index (χ4v) is 2.62. The van der Waals surface area contributed by atoms with E-state index in [0.717, 1.165) is 22.3 Å². The number of thioether (sulfide) groups is 1. The van der Waals surface area contributed by atoms with Crippen molar-refractivity contribution in [1.82, 2.24) is 4.98 Å². The van der Waals surface area contributed by atoms with Gasteiger partial charge in [0, 0.05) is 6.20 Å². The molecule has 0 aromatic carbocycles. The molecule has 0 saturated carbocycles. The van der Waals surface area contributed by atoms with Gasteiger partial charge in [-0.3, -0.25) is 0 Å². The zero-order valence-electron chi connectivity index (χ0n) is 10.6. The molecule has 4 heteroatoms. The number of aromatic nitrogens is 1. The summed E-state index contributed by atoms with van der Waals surface area (Å²) in [4.78, 5) is 4.25. The Morgan fingerprint density at radius 1 is 1.41 bits per heavy atom. The first-order valence-electron chi connectivity index (χ1n) is 5.98. The van der Waals surface area contributed by atoms with Crippen LogP contribution in [-0.2, 0) is 0 Å². The fraction of sp³-hybridized carbons (Fsp3) is 0.615. The van der Waals surface area contributed by atoms with Crippen molar-refractivity contribution >= 4 is 23.4 Å². The summed E-state index contributed by atoms with van der Waals surface area (Å²) < 4.78 is 0. The summed E-state index contributed by atoms with van der Waals surface area (Å²) in [5.41, 5.74) is 5.97. The first-order valence-corrected chi connectivity index (χ1v) is 7.35. The summed E-state index contributed by atoms with van der Waals surface area (Å²) in [6.45, 7) is 5.19. The van der Waals surface area contributed by atoms with Crippen LogP contribution in [-0.4, -0.2) is 17.3 Å². The van der Waals surface area contributed by atoms with E-state index in [2.05, 4.69) is 18.8 Å². The zero-order chi connectivity index (χ0) is 12.7. The molecule has 2 nitrogen and oxygen atoms in total. The number of hydrogen-bond acceptors (Lipinski definition) is 3. The molecule has 0 aliphatic rings. The minimum Gasteiger partial charge on any atom is -0.330 e. The molecule has 1 rings (SSSR count). The summed E-state index contributed by atoms with van der Waals surface area (Å²) in [5.74, 6) is 1.07. The number of halogens is 1. The second-order valence-electron chi connectivity index (χ2n) is 4.96. The van der Waals surface area contributed by atoms with Gasteiger partial charge in [-0.05, 0) is 42.7 Å². The topological polar surface area (TPSA) is 38.9 Å². The maximum absolute atomic E-state index is 6.03. The van der Waals surface area contributed by atoms with Crippen LogP contribution in [0.3, 0.4) is 0 Å². The molecule has 0 aliphatic heterocycles. The number of rotatable bonds is 7. The second-order valence-corrected chi connectivity index (χ2v) is 6.46. The van der Waals surface area contributed by atoms with E-state index >= 15 is 0 Å². The number of hydrogen-bond donors (Lipinski definition) is 1. The van der Waals surface area contributed by atoms with Gasteiger partial charge >= 0.3 is 0 Å². The van der Waals surface area contributed by atoms with Crippen molar-refractivity contribution in [2.75, 3.05) is 12.3 Å². The van der Waals surface area contributed by atoms with E-state index in [1.54, 1.807) is 18.0 Å². The summed E-state index contributed by atoms with van der Waals surface area (Å²) in [6.07, 6.45) is 5.36. The van der Waals surface area contributed by atoms with Crippen LogP contribution in [0.5, 0.6) is 0 Å². The van der Waals surface area contributed by atoms with Crippen molar-refractivity contribution in [2.24, 2.45) is 11.1 Å². The lowest BCUT2D eigenvalue weighted by Gasteiger charge is -2.21. The first-order chi connectivity index (χ1) is 8.05. The predicted molar refractivity (Wildman–Crippen MR) is 76.7 cm³/mol. The van der Waals surface area contributed by atoms with Crippen molar-refractivity contribution < 1.29 is 0 Å². The third-order valence-corrected chi connectivity index (χ3v) is 4.27. The average Bonchev–Trinajstić information content (AvgIpc) is 2.31. The maximum Gasteiger partial charge on any atom is 0.115 e. The summed E-state index contributed by atoms with van der Waals surface area (Å²) in [7, 11) is 0. The van der Waals surface area contributed by atoms with Crippen molar-refractivity contribution in [3.05, 3.63) is 23.4 Å². The van der Waals surface area contributed by atoms with Crippen molar-refractivity contribution in [1.29, 1.82) is 0 Å². The highest BCUT2D eigenvalue weighted by molar-refractivity contribution is 7.99. The lowest BCUT2D eigenvalue weighted by atomic mass is 9.88. The highest BCUT2D eigenvalue weighted by Crippen LogP contribution is 2.26. The van der Waals surface area contributed by atoms with Crippen LogP contribution >= 0.6 is 23.4 Å². The highest BCUT2D eigenvalue weighted by Gasteiger charge is 2.14. The van der Waals surface area contributed by atoms with Crippen LogP contribution in [0.4, 0.5) is 0 Å². The van der Waals surface area contributed by atoms with Crippen molar-refractivity contribution in [3.8, 4) is 0 Å². The molecule has 0 fully saturated rings. The molecule has 2 N–H and O–H groups in total. The Morgan fingerprint density at radius 3 is 2.82 bits per heavy atom. The average molecular weight is 273 g/mol. The Hall–Kier alpha value is -0.250. The van der Waals surface area contributed by atoms with Crippen molar-refractivity contribution in [3.63, 3.8) is 0 Å². The van der Waals surface area contributed by atoms with E-state index in [1.807, 2.05) is 12.1 Å². The van der Waals surface area contributed by atoms with E-state index in [4.69, 9.17) is 17.3 Å². The number of nitrogens with zero attached hydrogens (tertiary/aromatic N) is 1. The Bertz CT molecular complexity index is 342. The molecule has 96 valence electrons. The van der Waals surface area contributed by atoms with Gasteiger partial charge in [-0.25, -0.2) is 4.98 Å². The lowest BCUT2D eigenvalue weighted by Crippen LogP contribution is -2.23. The normalized spacial score (nSPS) is 11.8. The van der Waals surface area contributed by atoms with E-state index in [1.165, 1.54) is 19.3 Å². The molecule has 0 unspecified atom stereocenters. The van der Waals surface area contributed by atoms with Crippen molar-refractivity contribution in [2.45, 2.75) is 38.1 Å². The maximum atomic E-state index is 6.03. The molecule has 0 amide bonds. The molecule has 0 bridgehead atoms. The molecule has 0 spiro atoms. The Labute approximate surface area is 113 Å². The minimum atomic E-state index is 0.271. The van der Waals surface area contributed by atoms with E-state index in [0.29, 0.717) is 0 Å². The highest BCUT2D eigenvalue weighted by atomic mass is 35.5. The van der Waals surface area contributed by atoms with Gasteiger partial charge in [0.2, 0.25) is 0 Å². The van der Waals surface area contributed by atoms with E-state index in [-0.39, 0.29) is 5.41 Å². The fourth-order valence-electron chi connectivity index (χ4n) is 1.45. The largest absolute Gasteiger partial charge is 0.330 e. The van der Waals surface area contributed by atoms with Crippen LogP contribution in [0.15, 0.2) is 23.4 Å². The molecular weight excluding hydrogens is 252 g/mol. The summed E-state index contributed by atoms with van der Waals surface area (Å²) in [5, 5.41) is 1.69. The van der Waals surface area contributed by atoms with Gasteiger partial charge in [0.25, 0.3) is 0 Å². The van der Waals surface area contributed by atoms with Crippen LogP contribution in [0.25, 0.3) is 0 Å². The van der Waals surface area contributed by atoms with Gasteiger partial charge in [0.05, 0.1) is 5.02 Å². The molecular formula is C13H21ClN2S. The predicted octanol–water partition coefficient (Wildman–Crippen LogP) is 3.98.